The van der Waals surface area contributed by atoms with Gasteiger partial charge in [-0.15, -0.1) is 0 Å². The van der Waals surface area contributed by atoms with Crippen LogP contribution in [0.3, 0.4) is 0 Å². The SMILES string of the molecule is COc1cc(OC)cc(N(C(=O)C(F)(F)F)c2cccc(C(CC#N)n3cc(-c4ncnc5[nH]ccc45)cn3)c2)c1. The average molecular weight is 562 g/mol. The van der Waals surface area contributed by atoms with Gasteiger partial charge in [-0.1, -0.05) is 12.1 Å². The summed E-state index contributed by atoms with van der Waals surface area (Å²) < 4.78 is 53.4. The van der Waals surface area contributed by atoms with Crippen LogP contribution in [0.5, 0.6) is 11.5 Å². The van der Waals surface area contributed by atoms with E-state index in [4.69, 9.17) is 9.47 Å². The minimum atomic E-state index is -5.18. The highest BCUT2D eigenvalue weighted by Crippen LogP contribution is 2.37. The molecule has 0 aliphatic heterocycles. The van der Waals surface area contributed by atoms with Gasteiger partial charge >= 0.3 is 12.1 Å². The number of H-pyrrole nitrogens is 1. The van der Waals surface area contributed by atoms with Gasteiger partial charge < -0.3 is 14.5 Å². The summed E-state index contributed by atoms with van der Waals surface area (Å²) >= 11 is 0. The number of fused-ring (bicyclic) bond motifs is 1. The van der Waals surface area contributed by atoms with Gasteiger partial charge in [-0.2, -0.15) is 23.5 Å². The Morgan fingerprint density at radius 1 is 1.10 bits per heavy atom. The third kappa shape index (κ3) is 5.40. The van der Waals surface area contributed by atoms with Crippen molar-refractivity contribution in [1.29, 1.82) is 5.26 Å². The molecule has 0 aliphatic rings. The number of anilines is 2. The summed E-state index contributed by atoms with van der Waals surface area (Å²) in [6.45, 7) is 0. The van der Waals surface area contributed by atoms with E-state index in [-0.39, 0.29) is 29.3 Å². The van der Waals surface area contributed by atoms with Gasteiger partial charge in [-0.25, -0.2) is 9.97 Å². The van der Waals surface area contributed by atoms with Gasteiger partial charge in [0.15, 0.2) is 0 Å². The molecule has 3 aromatic heterocycles. The summed E-state index contributed by atoms with van der Waals surface area (Å²) in [4.78, 5) is 24.8. The van der Waals surface area contributed by atoms with Crippen LogP contribution in [0, 0.1) is 11.3 Å². The maximum Gasteiger partial charge on any atom is 0.472 e. The fraction of sp³-hybridized carbons (Fsp3) is 0.179. The monoisotopic (exact) mass is 561 g/mol. The van der Waals surface area contributed by atoms with Crippen molar-refractivity contribution in [3.63, 3.8) is 0 Å². The number of aromatic nitrogens is 5. The number of aromatic amines is 1. The summed E-state index contributed by atoms with van der Waals surface area (Å²) in [5.74, 6) is -1.71. The Morgan fingerprint density at radius 3 is 2.54 bits per heavy atom. The van der Waals surface area contributed by atoms with Crippen LogP contribution in [0.1, 0.15) is 18.0 Å². The number of nitriles is 1. The second-order valence-electron chi connectivity index (χ2n) is 8.85. The van der Waals surface area contributed by atoms with Gasteiger partial charge in [0.05, 0.1) is 50.3 Å². The number of nitrogens with one attached hydrogen (secondary N) is 1. The van der Waals surface area contributed by atoms with Crippen LogP contribution in [-0.4, -0.2) is 51.0 Å². The molecule has 1 atom stereocenters. The maximum absolute atomic E-state index is 13.8. The number of ether oxygens (including phenoxy) is 2. The molecule has 0 fully saturated rings. The fourth-order valence-corrected chi connectivity index (χ4v) is 4.49. The number of amides is 1. The molecule has 2 aromatic carbocycles. The number of methoxy groups -OCH3 is 2. The summed E-state index contributed by atoms with van der Waals surface area (Å²) in [5, 5.41) is 14.8. The molecule has 0 saturated heterocycles. The lowest BCUT2D eigenvalue weighted by Gasteiger charge is -2.26. The Balaban J connectivity index is 1.58. The molecular weight excluding hydrogens is 539 g/mol. The van der Waals surface area contributed by atoms with E-state index in [1.807, 2.05) is 6.07 Å². The Hall–Kier alpha value is -5.38. The molecule has 0 saturated carbocycles. The molecular formula is C28H22F3N7O3. The first-order chi connectivity index (χ1) is 19.7. The number of halogens is 3. The number of hydrogen-bond donors (Lipinski definition) is 1. The van der Waals surface area contributed by atoms with Crippen molar-refractivity contribution in [2.24, 2.45) is 0 Å². The zero-order chi connectivity index (χ0) is 29.1. The minimum Gasteiger partial charge on any atom is -0.497 e. The molecule has 3 heterocycles. The minimum absolute atomic E-state index is 0.0475. The van der Waals surface area contributed by atoms with Crippen molar-refractivity contribution < 1.29 is 27.4 Å². The Bertz CT molecular complexity index is 1730. The van der Waals surface area contributed by atoms with Crippen molar-refractivity contribution >= 4 is 28.3 Å². The fourth-order valence-electron chi connectivity index (χ4n) is 4.49. The van der Waals surface area contributed by atoms with Gasteiger partial charge in [0.25, 0.3) is 0 Å². The highest BCUT2D eigenvalue weighted by Gasteiger charge is 2.44. The number of carbonyl (C=O) groups is 1. The number of benzene rings is 2. The number of alkyl halides is 3. The molecule has 41 heavy (non-hydrogen) atoms. The van der Waals surface area contributed by atoms with Crippen molar-refractivity contribution in [3.8, 4) is 28.8 Å². The first-order valence-corrected chi connectivity index (χ1v) is 12.2. The quantitative estimate of drug-likeness (QED) is 0.263. The predicted molar refractivity (Wildman–Crippen MR) is 143 cm³/mol. The zero-order valence-corrected chi connectivity index (χ0v) is 21.8. The topological polar surface area (TPSA) is 122 Å². The van der Waals surface area contributed by atoms with Crippen molar-refractivity contribution in [3.05, 3.63) is 79.0 Å². The van der Waals surface area contributed by atoms with Gasteiger partial charge in [0.1, 0.15) is 23.5 Å². The molecule has 208 valence electrons. The number of hydrogen-bond acceptors (Lipinski definition) is 7. The van der Waals surface area contributed by atoms with Crippen molar-refractivity contribution in [2.75, 3.05) is 19.1 Å². The Morgan fingerprint density at radius 2 is 1.85 bits per heavy atom. The molecule has 5 aromatic rings. The molecule has 1 unspecified atom stereocenters. The smallest absolute Gasteiger partial charge is 0.472 e. The summed E-state index contributed by atoms with van der Waals surface area (Å²) in [7, 11) is 2.70. The first-order valence-electron chi connectivity index (χ1n) is 12.2. The van der Waals surface area contributed by atoms with E-state index in [1.165, 1.54) is 56.9 Å². The van der Waals surface area contributed by atoms with Crippen LogP contribution in [0.2, 0.25) is 0 Å². The van der Waals surface area contributed by atoms with Crippen LogP contribution in [0.4, 0.5) is 24.5 Å². The van der Waals surface area contributed by atoms with Crippen LogP contribution in [0.15, 0.2) is 73.4 Å². The van der Waals surface area contributed by atoms with Crippen LogP contribution >= 0.6 is 0 Å². The van der Waals surface area contributed by atoms with E-state index in [2.05, 4.69) is 26.1 Å². The molecule has 1 N–H and O–H groups in total. The lowest BCUT2D eigenvalue weighted by atomic mass is 10.0. The standard InChI is InChI=1S/C28H22F3N7O3/c1-40-21-11-20(12-22(13-21)41-2)38(27(39)28(29,30)31)19-5-3-4-17(10-19)24(6-8-32)37-15-18(14-36-37)25-23-7-9-33-26(23)35-16-34-25/h3-5,7,9-16,24H,6H2,1-2H3,(H,33,34,35). The molecule has 13 heteroatoms. The summed E-state index contributed by atoms with van der Waals surface area (Å²) in [6, 6.07) is 13.3. The third-order valence-electron chi connectivity index (χ3n) is 6.39. The molecule has 0 aliphatic carbocycles. The van der Waals surface area contributed by atoms with E-state index in [9.17, 15) is 23.2 Å². The van der Waals surface area contributed by atoms with E-state index < -0.39 is 18.1 Å². The molecule has 10 nitrogen and oxygen atoms in total. The van der Waals surface area contributed by atoms with Crippen LogP contribution in [0.25, 0.3) is 22.3 Å². The molecule has 0 bridgehead atoms. The van der Waals surface area contributed by atoms with E-state index in [0.717, 1.165) is 5.39 Å². The second-order valence-corrected chi connectivity index (χ2v) is 8.85. The lowest BCUT2D eigenvalue weighted by molar-refractivity contribution is -0.169. The van der Waals surface area contributed by atoms with E-state index in [0.29, 0.717) is 27.4 Å². The maximum atomic E-state index is 13.8. The van der Waals surface area contributed by atoms with Crippen molar-refractivity contribution in [2.45, 2.75) is 18.6 Å². The van der Waals surface area contributed by atoms with Crippen LogP contribution < -0.4 is 14.4 Å². The number of rotatable bonds is 8. The molecule has 1 amide bonds. The molecule has 5 rings (SSSR count). The highest BCUT2D eigenvalue weighted by molar-refractivity contribution is 6.04. The highest BCUT2D eigenvalue weighted by atomic mass is 19.4. The van der Waals surface area contributed by atoms with E-state index in [1.54, 1.807) is 29.3 Å². The lowest BCUT2D eigenvalue weighted by Crippen LogP contribution is -2.38. The Labute approximate surface area is 231 Å². The van der Waals surface area contributed by atoms with Gasteiger partial charge in [-0.3, -0.25) is 14.4 Å². The zero-order valence-electron chi connectivity index (χ0n) is 21.8. The van der Waals surface area contributed by atoms with Crippen LogP contribution in [-0.2, 0) is 4.79 Å². The van der Waals surface area contributed by atoms with Gasteiger partial charge in [-0.05, 0) is 23.8 Å². The summed E-state index contributed by atoms with van der Waals surface area (Å²) in [5.41, 5.74) is 2.21. The van der Waals surface area contributed by atoms with Gasteiger partial charge in [0.2, 0.25) is 0 Å². The molecule has 0 radical (unpaired) electrons. The Kier molecular flexibility index (Phi) is 7.30. The second kappa shape index (κ2) is 11.0. The normalized spacial score (nSPS) is 12.1. The summed E-state index contributed by atoms with van der Waals surface area (Å²) in [6.07, 6.45) is 1.22. The van der Waals surface area contributed by atoms with E-state index >= 15 is 0 Å². The number of nitrogens with zero attached hydrogens (tertiary/aromatic N) is 6. The molecule has 0 spiro atoms. The predicted octanol–water partition coefficient (Wildman–Crippen LogP) is 5.57. The van der Waals surface area contributed by atoms with Crippen molar-refractivity contribution in [1.82, 2.24) is 24.7 Å². The number of carbonyl (C=O) groups excluding carboxylic acids is 1. The first kappa shape index (κ1) is 27.2. The third-order valence-corrected chi connectivity index (χ3v) is 6.39. The largest absolute Gasteiger partial charge is 0.497 e. The van der Waals surface area contributed by atoms with Gasteiger partial charge in [0, 0.05) is 47.2 Å². The average Bonchev–Trinajstić information content (AvgIpc) is 3.65.